The number of nitrogens with zero attached hydrogens (tertiary/aromatic N) is 6. The highest BCUT2D eigenvalue weighted by atomic mass is 15.3. The van der Waals surface area contributed by atoms with E-state index in [9.17, 15) is 0 Å². The van der Waals surface area contributed by atoms with Crippen molar-refractivity contribution in [2.45, 2.75) is 0 Å². The summed E-state index contributed by atoms with van der Waals surface area (Å²) in [6, 6.07) is 2.05. The Morgan fingerprint density at radius 3 is 2.06 bits per heavy atom. The van der Waals surface area contributed by atoms with Gasteiger partial charge in [-0.1, -0.05) is 0 Å². The summed E-state index contributed by atoms with van der Waals surface area (Å²) in [6.07, 6.45) is 7.58. The van der Waals surface area contributed by atoms with Gasteiger partial charge in [-0.3, -0.25) is 14.0 Å². The summed E-state index contributed by atoms with van der Waals surface area (Å²) in [5.41, 5.74) is 4.04. The average Bonchev–Trinajstić information content (AvgIpc) is 2.99. The highest BCUT2D eigenvalue weighted by Gasteiger charge is 2.11. The Hall–Kier alpha value is -2.37. The van der Waals surface area contributed by atoms with Crippen molar-refractivity contribution in [1.29, 1.82) is 0 Å². The van der Waals surface area contributed by atoms with E-state index in [2.05, 4.69) is 15.3 Å². The van der Waals surface area contributed by atoms with E-state index in [0.717, 1.165) is 22.5 Å². The second-order valence-electron chi connectivity index (χ2n) is 4.34. The van der Waals surface area contributed by atoms with E-state index in [1.165, 1.54) is 0 Å². The predicted octanol–water partition coefficient (Wildman–Crippen LogP) is 1.22. The van der Waals surface area contributed by atoms with Crippen LogP contribution in [0, 0.1) is 0 Å². The van der Waals surface area contributed by atoms with Gasteiger partial charge in [-0.05, 0) is 6.07 Å². The number of hydrogen-bond acceptors (Lipinski definition) is 3. The van der Waals surface area contributed by atoms with Crippen LogP contribution in [-0.4, -0.2) is 29.3 Å². The molecule has 0 saturated heterocycles. The first-order valence-electron chi connectivity index (χ1n) is 5.65. The Balaban J connectivity index is 2.06. The largest absolute Gasteiger partial charge is 0.275 e. The lowest BCUT2D eigenvalue weighted by Crippen LogP contribution is -1.93. The summed E-state index contributed by atoms with van der Waals surface area (Å²) in [6.45, 7) is 0. The van der Waals surface area contributed by atoms with Gasteiger partial charge in [0.2, 0.25) is 0 Å². The molecule has 18 heavy (non-hydrogen) atoms. The van der Waals surface area contributed by atoms with Crippen molar-refractivity contribution in [2.24, 2.45) is 21.1 Å². The minimum atomic E-state index is 0.921. The van der Waals surface area contributed by atoms with Crippen LogP contribution in [-0.2, 0) is 21.1 Å². The summed E-state index contributed by atoms with van der Waals surface area (Å²) in [5.74, 6) is 0. The molecule has 3 rings (SSSR count). The maximum atomic E-state index is 4.51. The fourth-order valence-electron chi connectivity index (χ4n) is 1.99. The lowest BCUT2D eigenvalue weighted by molar-refractivity contribution is 0.765. The molecule has 0 fully saturated rings. The van der Waals surface area contributed by atoms with Gasteiger partial charge in [0.25, 0.3) is 0 Å². The molecule has 0 spiro atoms. The van der Waals surface area contributed by atoms with Gasteiger partial charge in [-0.15, -0.1) is 0 Å². The summed E-state index contributed by atoms with van der Waals surface area (Å²) < 4.78 is 5.42. The summed E-state index contributed by atoms with van der Waals surface area (Å²) >= 11 is 0. The normalized spacial score (nSPS) is 11.1. The van der Waals surface area contributed by atoms with Gasteiger partial charge in [0.15, 0.2) is 0 Å². The van der Waals surface area contributed by atoms with E-state index in [4.69, 9.17) is 0 Å². The predicted molar refractivity (Wildman–Crippen MR) is 67.6 cm³/mol. The van der Waals surface area contributed by atoms with Gasteiger partial charge in [0, 0.05) is 44.7 Å². The van der Waals surface area contributed by atoms with Gasteiger partial charge < -0.3 is 0 Å². The van der Waals surface area contributed by atoms with Crippen molar-refractivity contribution in [3.8, 4) is 22.5 Å². The molecule has 0 aliphatic rings. The molecule has 3 aromatic heterocycles. The van der Waals surface area contributed by atoms with Gasteiger partial charge in [-0.25, -0.2) is 0 Å². The van der Waals surface area contributed by atoms with Crippen molar-refractivity contribution >= 4 is 0 Å². The van der Waals surface area contributed by atoms with Crippen molar-refractivity contribution in [3.63, 3.8) is 0 Å². The summed E-state index contributed by atoms with van der Waals surface area (Å²) in [4.78, 5) is 0. The molecule has 0 aliphatic heterocycles. The highest BCUT2D eigenvalue weighted by Crippen LogP contribution is 2.24. The minimum absolute atomic E-state index is 0.921. The van der Waals surface area contributed by atoms with Gasteiger partial charge in [0.05, 0.1) is 23.8 Å². The molecule has 3 heterocycles. The van der Waals surface area contributed by atoms with Crippen molar-refractivity contribution in [1.82, 2.24) is 29.3 Å². The van der Waals surface area contributed by atoms with Crippen molar-refractivity contribution in [3.05, 3.63) is 30.9 Å². The molecule has 0 amide bonds. The zero-order valence-electron chi connectivity index (χ0n) is 10.6. The summed E-state index contributed by atoms with van der Waals surface area (Å²) in [7, 11) is 5.73. The third-order valence-corrected chi connectivity index (χ3v) is 2.88. The molecular formula is C12H14N6. The fourth-order valence-corrected chi connectivity index (χ4v) is 1.99. The zero-order chi connectivity index (χ0) is 12.7. The van der Waals surface area contributed by atoms with E-state index in [0.29, 0.717) is 0 Å². The molecule has 0 N–H and O–H groups in total. The van der Waals surface area contributed by atoms with Crippen molar-refractivity contribution in [2.75, 3.05) is 0 Å². The first kappa shape index (κ1) is 10.8. The Morgan fingerprint density at radius 2 is 1.50 bits per heavy atom. The van der Waals surface area contributed by atoms with E-state index in [1.54, 1.807) is 9.36 Å². The van der Waals surface area contributed by atoms with Crippen LogP contribution in [0.5, 0.6) is 0 Å². The SMILES string of the molecule is Cn1cc(-c2cc(-c3cnn(C)c3)n(C)n2)cn1. The third kappa shape index (κ3) is 1.71. The molecular weight excluding hydrogens is 228 g/mol. The first-order chi connectivity index (χ1) is 8.63. The standard InChI is InChI=1S/C12H14N6/c1-16-7-9(5-13-16)11-4-12(18(3)15-11)10-6-14-17(2)8-10/h4-8H,1-3H3. The van der Waals surface area contributed by atoms with Crippen LogP contribution in [0.1, 0.15) is 0 Å². The molecule has 0 bridgehead atoms. The molecule has 0 saturated carbocycles. The molecule has 0 aromatic carbocycles. The Bertz CT molecular complexity index is 687. The van der Waals surface area contributed by atoms with Crippen molar-refractivity contribution < 1.29 is 0 Å². The maximum Gasteiger partial charge on any atom is 0.0961 e. The second-order valence-corrected chi connectivity index (χ2v) is 4.34. The van der Waals surface area contributed by atoms with Crippen LogP contribution >= 0.6 is 0 Å². The van der Waals surface area contributed by atoms with Gasteiger partial charge >= 0.3 is 0 Å². The van der Waals surface area contributed by atoms with Crippen LogP contribution in [0.2, 0.25) is 0 Å². The fraction of sp³-hybridized carbons (Fsp3) is 0.250. The molecule has 3 aromatic rings. The molecule has 0 aliphatic carbocycles. The zero-order valence-corrected chi connectivity index (χ0v) is 10.6. The number of aryl methyl sites for hydroxylation is 3. The molecule has 0 unspecified atom stereocenters. The van der Waals surface area contributed by atoms with Crippen LogP contribution in [0.25, 0.3) is 22.5 Å². The first-order valence-corrected chi connectivity index (χ1v) is 5.65. The minimum Gasteiger partial charge on any atom is -0.275 e. The van der Waals surface area contributed by atoms with Crippen LogP contribution in [0.3, 0.4) is 0 Å². The maximum absolute atomic E-state index is 4.51. The lowest BCUT2D eigenvalue weighted by Gasteiger charge is -1.95. The molecule has 6 heteroatoms. The Labute approximate surface area is 104 Å². The lowest BCUT2D eigenvalue weighted by atomic mass is 10.2. The molecule has 92 valence electrons. The van der Waals surface area contributed by atoms with E-state index in [-0.39, 0.29) is 0 Å². The van der Waals surface area contributed by atoms with E-state index in [1.807, 2.05) is 56.7 Å². The monoisotopic (exact) mass is 242 g/mol. The molecule has 0 atom stereocenters. The van der Waals surface area contributed by atoms with Gasteiger partial charge in [-0.2, -0.15) is 15.3 Å². The topological polar surface area (TPSA) is 53.5 Å². The highest BCUT2D eigenvalue weighted by molar-refractivity contribution is 5.67. The Morgan fingerprint density at radius 1 is 0.889 bits per heavy atom. The quantitative estimate of drug-likeness (QED) is 0.679. The number of aromatic nitrogens is 6. The van der Waals surface area contributed by atoms with Crippen LogP contribution < -0.4 is 0 Å². The Kier molecular flexibility index (Phi) is 2.29. The van der Waals surface area contributed by atoms with Crippen LogP contribution in [0.15, 0.2) is 30.9 Å². The summed E-state index contributed by atoms with van der Waals surface area (Å²) in [5, 5.41) is 12.8. The smallest absolute Gasteiger partial charge is 0.0961 e. The van der Waals surface area contributed by atoms with E-state index < -0.39 is 0 Å². The molecule has 0 radical (unpaired) electrons. The second kappa shape index (κ2) is 3.83. The molecule has 6 nitrogen and oxygen atoms in total. The van der Waals surface area contributed by atoms with Crippen LogP contribution in [0.4, 0.5) is 0 Å². The number of hydrogen-bond donors (Lipinski definition) is 0. The van der Waals surface area contributed by atoms with E-state index >= 15 is 0 Å². The third-order valence-electron chi connectivity index (χ3n) is 2.88. The average molecular weight is 242 g/mol. The van der Waals surface area contributed by atoms with Gasteiger partial charge in [0.1, 0.15) is 0 Å². The number of rotatable bonds is 2.